The molecule has 0 bridgehead atoms. The molecule has 0 radical (unpaired) electrons. The molecule has 10 nitrogen and oxygen atoms in total. The number of aromatic amines is 1. The Morgan fingerprint density at radius 3 is 2.63 bits per heavy atom. The predicted octanol–water partition coefficient (Wildman–Crippen LogP) is 1.16. The van der Waals surface area contributed by atoms with E-state index in [4.69, 9.17) is 9.79 Å². The number of hydrogen-bond acceptors (Lipinski definition) is 6. The lowest BCUT2D eigenvalue weighted by atomic mass is 10.2. The number of aromatic nitrogens is 4. The topological polar surface area (TPSA) is 158 Å². The van der Waals surface area contributed by atoms with E-state index in [9.17, 15) is 14.2 Å². The van der Waals surface area contributed by atoms with Crippen molar-refractivity contribution in [2.75, 3.05) is 5.32 Å². The van der Waals surface area contributed by atoms with E-state index in [2.05, 4.69) is 25.5 Å². The number of para-hydroxylation sites is 1. The molecule has 0 spiro atoms. The van der Waals surface area contributed by atoms with Gasteiger partial charge in [0.15, 0.2) is 5.82 Å². The highest BCUT2D eigenvalue weighted by atomic mass is 31.2. The molecule has 0 saturated carbocycles. The van der Waals surface area contributed by atoms with Crippen LogP contribution in [0.3, 0.4) is 0 Å². The fraction of sp³-hybridized carbons (Fsp3) is 0.0625. The summed E-state index contributed by atoms with van der Waals surface area (Å²) in [6.07, 6.45) is 2.03. The summed E-state index contributed by atoms with van der Waals surface area (Å²) >= 11 is 0. The molecule has 4 N–H and O–H groups in total. The number of carbonyl (C=O) groups excluding carboxylic acids is 1. The number of hydrogen-bond donors (Lipinski definition) is 4. The number of rotatable bonds is 5. The molecule has 2 aromatic heterocycles. The molecular formula is C16H14N5O5P. The lowest BCUT2D eigenvalue weighted by Crippen LogP contribution is -2.24. The molecule has 0 unspecified atom stereocenters. The molecule has 1 aromatic carbocycles. The fourth-order valence-corrected chi connectivity index (χ4v) is 3.03. The van der Waals surface area contributed by atoms with Crippen molar-refractivity contribution in [1.29, 1.82) is 0 Å². The number of carbonyl (C=O) groups is 1. The van der Waals surface area contributed by atoms with Gasteiger partial charge in [-0.3, -0.25) is 14.2 Å². The van der Waals surface area contributed by atoms with Gasteiger partial charge in [0.1, 0.15) is 11.3 Å². The molecule has 27 heavy (non-hydrogen) atoms. The van der Waals surface area contributed by atoms with E-state index in [1.807, 2.05) is 0 Å². The normalized spacial score (nSPS) is 11.2. The number of anilines is 1. The Bertz CT molecular complexity index is 1080. The van der Waals surface area contributed by atoms with Gasteiger partial charge in [-0.15, -0.1) is 5.10 Å². The monoisotopic (exact) mass is 387 g/mol. The molecule has 2 heterocycles. The van der Waals surface area contributed by atoms with Crippen molar-refractivity contribution in [3.63, 3.8) is 0 Å². The first-order valence-corrected chi connectivity index (χ1v) is 9.44. The van der Waals surface area contributed by atoms with Gasteiger partial charge >= 0.3 is 7.60 Å². The van der Waals surface area contributed by atoms with Crippen LogP contribution in [0.25, 0.3) is 11.5 Å². The number of amides is 1. The molecule has 0 aliphatic carbocycles. The van der Waals surface area contributed by atoms with Gasteiger partial charge < -0.3 is 20.1 Å². The third kappa shape index (κ3) is 4.70. The van der Waals surface area contributed by atoms with Gasteiger partial charge in [0.2, 0.25) is 0 Å². The van der Waals surface area contributed by atoms with Gasteiger partial charge in [0.05, 0.1) is 6.16 Å². The molecule has 0 atom stereocenters. The van der Waals surface area contributed by atoms with Crippen LogP contribution in [0.1, 0.15) is 15.9 Å². The summed E-state index contributed by atoms with van der Waals surface area (Å²) in [6.45, 7) is 0. The fourth-order valence-electron chi connectivity index (χ4n) is 2.31. The Balaban J connectivity index is 1.86. The molecule has 0 aliphatic rings. The van der Waals surface area contributed by atoms with Crippen LogP contribution in [0, 0.1) is 0 Å². The van der Waals surface area contributed by atoms with Gasteiger partial charge in [0, 0.05) is 18.1 Å². The summed E-state index contributed by atoms with van der Waals surface area (Å²) in [5.41, 5.74) is -0.152. The summed E-state index contributed by atoms with van der Waals surface area (Å²) in [5.74, 6) is -0.598. The second-order valence-electron chi connectivity index (χ2n) is 5.52. The van der Waals surface area contributed by atoms with E-state index in [1.54, 1.807) is 24.3 Å². The highest BCUT2D eigenvalue weighted by Gasteiger charge is 2.19. The minimum atomic E-state index is -4.32. The van der Waals surface area contributed by atoms with E-state index in [0.29, 0.717) is 5.69 Å². The Hall–Kier alpha value is -3.20. The van der Waals surface area contributed by atoms with Gasteiger partial charge in [-0.2, -0.15) is 5.10 Å². The first-order chi connectivity index (χ1) is 12.8. The van der Waals surface area contributed by atoms with E-state index >= 15 is 0 Å². The largest absolute Gasteiger partial charge is 0.329 e. The Labute approximate surface area is 152 Å². The number of H-pyrrole nitrogens is 1. The SMILES string of the molecule is O=C(Nc1ccccc1CP(=O)(O)O)c1cnc(-c2cccnn2)[nH]c1=O. The smallest absolute Gasteiger partial charge is 0.324 e. The van der Waals surface area contributed by atoms with Crippen LogP contribution in [-0.2, 0) is 10.7 Å². The van der Waals surface area contributed by atoms with Crippen molar-refractivity contribution in [3.8, 4) is 11.5 Å². The van der Waals surface area contributed by atoms with Crippen LogP contribution in [0.4, 0.5) is 5.69 Å². The molecule has 0 saturated heterocycles. The van der Waals surface area contributed by atoms with E-state index in [1.165, 1.54) is 18.3 Å². The van der Waals surface area contributed by atoms with Crippen LogP contribution >= 0.6 is 7.60 Å². The lowest BCUT2D eigenvalue weighted by Gasteiger charge is -2.11. The molecule has 138 valence electrons. The third-order valence-electron chi connectivity index (χ3n) is 3.50. The maximum atomic E-state index is 12.4. The zero-order chi connectivity index (χ0) is 19.4. The molecule has 3 aromatic rings. The number of nitrogens with zero attached hydrogens (tertiary/aromatic N) is 3. The minimum absolute atomic E-state index is 0.159. The quantitative estimate of drug-likeness (QED) is 0.475. The van der Waals surface area contributed by atoms with Crippen LogP contribution in [0.2, 0.25) is 0 Å². The maximum absolute atomic E-state index is 12.4. The van der Waals surface area contributed by atoms with Crippen molar-refractivity contribution in [2.24, 2.45) is 0 Å². The van der Waals surface area contributed by atoms with E-state index < -0.39 is 25.2 Å². The molecule has 0 aliphatic heterocycles. The Kier molecular flexibility index (Phi) is 5.22. The second kappa shape index (κ2) is 7.58. The molecule has 3 rings (SSSR count). The molecular weight excluding hydrogens is 373 g/mol. The van der Waals surface area contributed by atoms with Gasteiger partial charge in [-0.05, 0) is 23.8 Å². The second-order valence-corrected chi connectivity index (χ2v) is 7.16. The van der Waals surface area contributed by atoms with Crippen molar-refractivity contribution >= 4 is 19.2 Å². The Morgan fingerprint density at radius 1 is 1.19 bits per heavy atom. The summed E-state index contributed by atoms with van der Waals surface area (Å²) < 4.78 is 11.2. The summed E-state index contributed by atoms with van der Waals surface area (Å²) in [4.78, 5) is 49.4. The van der Waals surface area contributed by atoms with Gasteiger partial charge in [0.25, 0.3) is 11.5 Å². The van der Waals surface area contributed by atoms with Crippen molar-refractivity contribution in [2.45, 2.75) is 6.16 Å². The summed E-state index contributed by atoms with van der Waals surface area (Å²) in [5, 5.41) is 9.99. The molecule has 0 fully saturated rings. The average Bonchev–Trinajstić information content (AvgIpc) is 2.62. The van der Waals surface area contributed by atoms with Crippen molar-refractivity contribution in [3.05, 3.63) is 70.3 Å². The summed E-state index contributed by atoms with van der Waals surface area (Å²) in [6, 6.07) is 9.38. The minimum Gasteiger partial charge on any atom is -0.324 e. The first kappa shape index (κ1) is 18.6. The average molecular weight is 387 g/mol. The first-order valence-electron chi connectivity index (χ1n) is 7.65. The summed E-state index contributed by atoms with van der Waals surface area (Å²) in [7, 11) is -4.32. The molecule has 11 heteroatoms. The van der Waals surface area contributed by atoms with Crippen LogP contribution in [0.5, 0.6) is 0 Å². The lowest BCUT2D eigenvalue weighted by molar-refractivity contribution is 0.102. The van der Waals surface area contributed by atoms with E-state index in [0.717, 1.165) is 6.20 Å². The highest BCUT2D eigenvalue weighted by Crippen LogP contribution is 2.40. The van der Waals surface area contributed by atoms with Crippen molar-refractivity contribution < 1.29 is 19.1 Å². The van der Waals surface area contributed by atoms with Gasteiger partial charge in [-0.1, -0.05) is 18.2 Å². The standard InChI is InChI=1S/C16H14N5O5P/c22-15(19-12-5-2-1-4-10(12)9-27(24,25)26)11-8-17-14(20-16(11)23)13-6-3-7-18-21-13/h1-8H,9H2,(H,19,22)(H,17,20,23)(H2,24,25,26). The van der Waals surface area contributed by atoms with Crippen molar-refractivity contribution in [1.82, 2.24) is 20.2 Å². The van der Waals surface area contributed by atoms with E-state index in [-0.39, 0.29) is 22.6 Å². The van der Waals surface area contributed by atoms with Gasteiger partial charge in [-0.25, -0.2) is 4.98 Å². The zero-order valence-corrected chi connectivity index (χ0v) is 14.6. The van der Waals surface area contributed by atoms with Crippen LogP contribution in [0.15, 0.2) is 53.6 Å². The highest BCUT2D eigenvalue weighted by molar-refractivity contribution is 7.50. The maximum Gasteiger partial charge on any atom is 0.329 e. The zero-order valence-electron chi connectivity index (χ0n) is 13.7. The Morgan fingerprint density at radius 2 is 1.96 bits per heavy atom. The number of nitrogens with one attached hydrogen (secondary N) is 2. The molecule has 1 amide bonds. The number of benzene rings is 1. The predicted molar refractivity (Wildman–Crippen MR) is 96.0 cm³/mol. The van der Waals surface area contributed by atoms with Crippen LogP contribution in [-0.4, -0.2) is 35.9 Å². The van der Waals surface area contributed by atoms with Crippen LogP contribution < -0.4 is 10.9 Å². The third-order valence-corrected chi connectivity index (χ3v) is 4.25.